The maximum absolute atomic E-state index is 6.44. The standard InChI is InChI=1S/C30H54O3/c1-9-10-13-22(14-12-17-26(24-18-19-24)31-28(2,3)4)20-23-15-11-16-25(21-23)27-32-29(5,6)30(7,8)33-27/h9,22-27H,1,10-21H2,2-8H3. The molecule has 1 saturated heterocycles. The third-order valence-corrected chi connectivity index (χ3v) is 8.68. The van der Waals surface area contributed by atoms with Crippen molar-refractivity contribution in [3.63, 3.8) is 0 Å². The van der Waals surface area contributed by atoms with Crippen molar-refractivity contribution in [1.29, 1.82) is 0 Å². The first-order valence-corrected chi connectivity index (χ1v) is 14.0. The molecule has 3 aliphatic rings. The molecule has 3 rings (SSSR count). The highest BCUT2D eigenvalue weighted by atomic mass is 16.7. The Bertz CT molecular complexity index is 597. The lowest BCUT2D eigenvalue weighted by molar-refractivity contribution is -0.134. The molecule has 1 heterocycles. The summed E-state index contributed by atoms with van der Waals surface area (Å²) >= 11 is 0. The van der Waals surface area contributed by atoms with Crippen LogP contribution in [0.25, 0.3) is 0 Å². The van der Waals surface area contributed by atoms with E-state index in [4.69, 9.17) is 14.2 Å². The molecule has 4 atom stereocenters. The lowest BCUT2D eigenvalue weighted by atomic mass is 9.75. The molecule has 0 amide bonds. The van der Waals surface area contributed by atoms with Gasteiger partial charge in [-0.1, -0.05) is 31.8 Å². The van der Waals surface area contributed by atoms with Crippen molar-refractivity contribution in [2.45, 2.75) is 155 Å². The first-order valence-electron chi connectivity index (χ1n) is 14.0. The molecule has 192 valence electrons. The Labute approximate surface area is 205 Å². The Morgan fingerprint density at radius 1 is 0.970 bits per heavy atom. The highest BCUT2D eigenvalue weighted by Crippen LogP contribution is 2.46. The van der Waals surface area contributed by atoms with Crippen LogP contribution >= 0.6 is 0 Å². The largest absolute Gasteiger partial charge is 0.372 e. The van der Waals surface area contributed by atoms with Crippen molar-refractivity contribution >= 4 is 0 Å². The molecule has 4 unspecified atom stereocenters. The number of allylic oxidation sites excluding steroid dienone is 1. The molecule has 3 fully saturated rings. The van der Waals surface area contributed by atoms with E-state index in [1.807, 2.05) is 0 Å². The molecule has 33 heavy (non-hydrogen) atoms. The second-order valence-corrected chi connectivity index (χ2v) is 13.4. The minimum atomic E-state index is -0.218. The number of hydrogen-bond acceptors (Lipinski definition) is 3. The van der Waals surface area contributed by atoms with Crippen molar-refractivity contribution in [2.24, 2.45) is 23.7 Å². The Kier molecular flexibility index (Phi) is 9.17. The van der Waals surface area contributed by atoms with Gasteiger partial charge in [-0.2, -0.15) is 0 Å². The van der Waals surface area contributed by atoms with Crippen molar-refractivity contribution in [2.75, 3.05) is 0 Å². The van der Waals surface area contributed by atoms with Crippen LogP contribution in [0.1, 0.15) is 126 Å². The van der Waals surface area contributed by atoms with Gasteiger partial charge >= 0.3 is 0 Å². The number of hydrogen-bond donors (Lipinski definition) is 0. The van der Waals surface area contributed by atoms with Gasteiger partial charge in [0, 0.05) is 5.92 Å². The fraction of sp³-hybridized carbons (Fsp3) is 0.933. The van der Waals surface area contributed by atoms with Gasteiger partial charge in [0.2, 0.25) is 0 Å². The van der Waals surface area contributed by atoms with Crippen LogP contribution in [0, 0.1) is 23.7 Å². The van der Waals surface area contributed by atoms with Gasteiger partial charge in [0.1, 0.15) is 0 Å². The predicted molar refractivity (Wildman–Crippen MR) is 138 cm³/mol. The summed E-state index contributed by atoms with van der Waals surface area (Å²) in [6.07, 6.45) is 18.1. The second-order valence-electron chi connectivity index (χ2n) is 13.4. The quantitative estimate of drug-likeness (QED) is 0.272. The third kappa shape index (κ3) is 8.07. The summed E-state index contributed by atoms with van der Waals surface area (Å²) in [7, 11) is 0. The van der Waals surface area contributed by atoms with Gasteiger partial charge < -0.3 is 14.2 Å². The molecule has 3 nitrogen and oxygen atoms in total. The van der Waals surface area contributed by atoms with Crippen molar-refractivity contribution < 1.29 is 14.2 Å². The summed E-state index contributed by atoms with van der Waals surface area (Å²) in [6, 6.07) is 0. The molecule has 0 aromatic heterocycles. The van der Waals surface area contributed by atoms with Crippen LogP contribution in [0.15, 0.2) is 12.7 Å². The lowest BCUT2D eigenvalue weighted by Crippen LogP contribution is -2.41. The topological polar surface area (TPSA) is 27.7 Å². The van der Waals surface area contributed by atoms with Crippen LogP contribution in [-0.2, 0) is 14.2 Å². The molecule has 0 aromatic rings. The molecular formula is C30H54O3. The molecular weight excluding hydrogens is 408 g/mol. The van der Waals surface area contributed by atoms with Crippen LogP contribution < -0.4 is 0 Å². The second kappa shape index (κ2) is 11.1. The summed E-state index contributed by atoms with van der Waals surface area (Å²) in [5.41, 5.74) is -0.464. The highest BCUT2D eigenvalue weighted by Gasteiger charge is 2.51. The number of ether oxygens (including phenoxy) is 3. The van der Waals surface area contributed by atoms with Crippen molar-refractivity contribution in [3.05, 3.63) is 12.7 Å². The van der Waals surface area contributed by atoms with E-state index < -0.39 is 0 Å². The zero-order valence-electron chi connectivity index (χ0n) is 23.0. The van der Waals surface area contributed by atoms with Gasteiger partial charge in [0.15, 0.2) is 6.29 Å². The Balaban J connectivity index is 1.50. The zero-order valence-corrected chi connectivity index (χ0v) is 23.0. The van der Waals surface area contributed by atoms with E-state index >= 15 is 0 Å². The van der Waals surface area contributed by atoms with Gasteiger partial charge in [-0.25, -0.2) is 0 Å². The van der Waals surface area contributed by atoms with Gasteiger partial charge in [-0.05, 0) is 118 Å². The van der Waals surface area contributed by atoms with Crippen LogP contribution in [0.3, 0.4) is 0 Å². The van der Waals surface area contributed by atoms with E-state index in [9.17, 15) is 0 Å². The van der Waals surface area contributed by atoms with E-state index in [2.05, 4.69) is 61.1 Å². The predicted octanol–water partition coefficient (Wildman–Crippen LogP) is 8.46. The summed E-state index contributed by atoms with van der Waals surface area (Å²) in [5, 5.41) is 0. The average molecular weight is 463 g/mol. The highest BCUT2D eigenvalue weighted by molar-refractivity contribution is 4.96. The smallest absolute Gasteiger partial charge is 0.162 e. The average Bonchev–Trinajstić information content (AvgIpc) is 3.51. The summed E-state index contributed by atoms with van der Waals surface area (Å²) in [5.74, 6) is 2.97. The van der Waals surface area contributed by atoms with E-state index in [1.165, 1.54) is 70.6 Å². The maximum Gasteiger partial charge on any atom is 0.162 e. The van der Waals surface area contributed by atoms with E-state index in [0.717, 1.165) is 24.2 Å². The SMILES string of the molecule is C=CCCC(CCCC(OC(C)(C)C)C1CC1)CC1CCCC(C2OC(C)(C)C(C)(C)O2)C1. The van der Waals surface area contributed by atoms with Crippen LogP contribution in [0.4, 0.5) is 0 Å². The minimum absolute atomic E-state index is 0.0277. The maximum atomic E-state index is 6.44. The van der Waals surface area contributed by atoms with Gasteiger partial charge in [-0.15, -0.1) is 6.58 Å². The molecule has 2 saturated carbocycles. The Hall–Kier alpha value is -0.380. The van der Waals surface area contributed by atoms with Crippen LogP contribution in [-0.4, -0.2) is 29.2 Å². The fourth-order valence-corrected chi connectivity index (χ4v) is 6.00. The van der Waals surface area contributed by atoms with E-state index in [0.29, 0.717) is 12.0 Å². The zero-order chi connectivity index (χ0) is 24.3. The minimum Gasteiger partial charge on any atom is -0.372 e. The molecule has 0 radical (unpaired) electrons. The lowest BCUT2D eigenvalue weighted by Gasteiger charge is -2.34. The molecule has 2 aliphatic carbocycles. The monoisotopic (exact) mass is 462 g/mol. The summed E-state index contributed by atoms with van der Waals surface area (Å²) in [6.45, 7) is 19.3. The van der Waals surface area contributed by atoms with Crippen LogP contribution in [0.5, 0.6) is 0 Å². The fourth-order valence-electron chi connectivity index (χ4n) is 6.00. The first-order chi connectivity index (χ1) is 15.4. The van der Waals surface area contributed by atoms with Crippen molar-refractivity contribution in [3.8, 4) is 0 Å². The third-order valence-electron chi connectivity index (χ3n) is 8.68. The normalized spacial score (nSPS) is 29.7. The first kappa shape index (κ1) is 27.2. The Morgan fingerprint density at radius 3 is 2.21 bits per heavy atom. The molecule has 3 heteroatoms. The van der Waals surface area contributed by atoms with Gasteiger partial charge in [-0.3, -0.25) is 0 Å². The van der Waals surface area contributed by atoms with E-state index in [1.54, 1.807) is 0 Å². The molecule has 0 bridgehead atoms. The molecule has 0 N–H and O–H groups in total. The van der Waals surface area contributed by atoms with E-state index in [-0.39, 0.29) is 23.1 Å². The number of rotatable bonds is 12. The Morgan fingerprint density at radius 2 is 1.64 bits per heavy atom. The van der Waals surface area contributed by atoms with Crippen LogP contribution in [0.2, 0.25) is 0 Å². The molecule has 0 aromatic carbocycles. The van der Waals surface area contributed by atoms with Gasteiger partial charge in [0.05, 0.1) is 22.9 Å². The molecule has 0 spiro atoms. The van der Waals surface area contributed by atoms with Crippen molar-refractivity contribution in [1.82, 2.24) is 0 Å². The summed E-state index contributed by atoms with van der Waals surface area (Å²) < 4.78 is 19.3. The molecule has 1 aliphatic heterocycles. The van der Waals surface area contributed by atoms with Gasteiger partial charge in [0.25, 0.3) is 0 Å². The summed E-state index contributed by atoms with van der Waals surface area (Å²) in [4.78, 5) is 0.